The first-order valence-corrected chi connectivity index (χ1v) is 6.50. The summed E-state index contributed by atoms with van der Waals surface area (Å²) >= 11 is 0. The third-order valence-electron chi connectivity index (χ3n) is 2.76. The molecule has 0 aromatic carbocycles. The molecule has 1 N–H and O–H groups in total. The molecule has 0 bridgehead atoms. The van der Waals surface area contributed by atoms with Gasteiger partial charge < -0.3 is 14.5 Å². The van der Waals surface area contributed by atoms with Gasteiger partial charge in [-0.25, -0.2) is 9.59 Å². The molecular formula is C14H21NO4. The van der Waals surface area contributed by atoms with Crippen LogP contribution in [0.25, 0.3) is 0 Å². The number of H-pyrrole nitrogens is 1. The Morgan fingerprint density at radius 3 is 2.11 bits per heavy atom. The Kier molecular flexibility index (Phi) is 5.15. The Morgan fingerprint density at radius 1 is 1.11 bits per heavy atom. The lowest BCUT2D eigenvalue weighted by atomic mass is 9.97. The lowest BCUT2D eigenvalue weighted by Crippen LogP contribution is -2.12. The van der Waals surface area contributed by atoms with Gasteiger partial charge in [0.2, 0.25) is 0 Å². The molecule has 1 aromatic heterocycles. The normalized spacial score (nSPS) is 10.6. The molecule has 0 fully saturated rings. The zero-order valence-corrected chi connectivity index (χ0v) is 12.1. The number of ether oxygens (including phenoxy) is 2. The Morgan fingerprint density at radius 2 is 1.63 bits per heavy atom. The molecule has 0 saturated heterocycles. The molecule has 0 spiro atoms. The molecule has 19 heavy (non-hydrogen) atoms. The topological polar surface area (TPSA) is 68.4 Å². The summed E-state index contributed by atoms with van der Waals surface area (Å²) in [6.45, 7) is 9.69. The lowest BCUT2D eigenvalue weighted by Gasteiger charge is -2.10. The largest absolute Gasteiger partial charge is 0.462 e. The predicted molar refractivity (Wildman–Crippen MR) is 71.5 cm³/mol. The zero-order valence-electron chi connectivity index (χ0n) is 12.1. The Labute approximate surface area is 113 Å². The molecule has 0 radical (unpaired) electrons. The lowest BCUT2D eigenvalue weighted by molar-refractivity contribution is 0.0517. The monoisotopic (exact) mass is 267 g/mol. The third-order valence-corrected chi connectivity index (χ3v) is 2.76. The molecule has 0 amide bonds. The van der Waals surface area contributed by atoms with Gasteiger partial charge in [0, 0.05) is 11.3 Å². The van der Waals surface area contributed by atoms with Crippen molar-refractivity contribution < 1.29 is 19.1 Å². The van der Waals surface area contributed by atoms with Gasteiger partial charge in [-0.05, 0) is 26.7 Å². The summed E-state index contributed by atoms with van der Waals surface area (Å²) in [6.07, 6.45) is 0. The number of aryl methyl sites for hydroxylation is 1. The number of aromatic nitrogens is 1. The minimum absolute atomic E-state index is 0.0174. The maximum Gasteiger partial charge on any atom is 0.355 e. The molecule has 0 unspecified atom stereocenters. The van der Waals surface area contributed by atoms with E-state index in [4.69, 9.17) is 9.47 Å². The van der Waals surface area contributed by atoms with Gasteiger partial charge in [0.1, 0.15) is 5.69 Å². The van der Waals surface area contributed by atoms with Gasteiger partial charge in [-0.1, -0.05) is 13.8 Å². The van der Waals surface area contributed by atoms with Crippen molar-refractivity contribution >= 4 is 11.9 Å². The molecule has 0 aliphatic heterocycles. The zero-order chi connectivity index (χ0) is 14.6. The molecule has 1 heterocycles. The second-order valence-electron chi connectivity index (χ2n) is 4.51. The fourth-order valence-corrected chi connectivity index (χ4v) is 2.05. The first-order chi connectivity index (χ1) is 8.93. The number of carbonyl (C=O) groups is 2. The van der Waals surface area contributed by atoms with Crippen molar-refractivity contribution in [2.75, 3.05) is 13.2 Å². The Bertz CT molecular complexity index is 474. The standard InChI is InChI=1S/C14H21NO4/c1-6-18-13(16)11-9(5)15-12(10(11)8(3)4)14(17)19-7-2/h8,15H,6-7H2,1-5H3. The SMILES string of the molecule is CCOC(=O)c1[nH]c(C)c(C(=O)OCC)c1C(C)C. The van der Waals surface area contributed by atoms with Gasteiger partial charge in [0.15, 0.2) is 0 Å². The van der Waals surface area contributed by atoms with Crippen LogP contribution in [0.15, 0.2) is 0 Å². The molecule has 0 atom stereocenters. The molecule has 5 heteroatoms. The fourth-order valence-electron chi connectivity index (χ4n) is 2.05. The summed E-state index contributed by atoms with van der Waals surface area (Å²) in [5, 5.41) is 0. The predicted octanol–water partition coefficient (Wildman–Crippen LogP) is 2.80. The summed E-state index contributed by atoms with van der Waals surface area (Å²) in [4.78, 5) is 26.8. The van der Waals surface area contributed by atoms with Crippen LogP contribution < -0.4 is 0 Å². The van der Waals surface area contributed by atoms with E-state index in [9.17, 15) is 9.59 Å². The number of hydrogen-bond donors (Lipinski definition) is 1. The van der Waals surface area contributed by atoms with Crippen molar-refractivity contribution in [3.63, 3.8) is 0 Å². The van der Waals surface area contributed by atoms with Crippen LogP contribution in [0.1, 0.15) is 65.7 Å². The van der Waals surface area contributed by atoms with Crippen LogP contribution in [0.5, 0.6) is 0 Å². The Hall–Kier alpha value is -1.78. The van der Waals surface area contributed by atoms with Crippen molar-refractivity contribution in [3.8, 4) is 0 Å². The van der Waals surface area contributed by atoms with Crippen molar-refractivity contribution in [2.24, 2.45) is 0 Å². The van der Waals surface area contributed by atoms with Crippen molar-refractivity contribution in [2.45, 2.75) is 40.5 Å². The van der Waals surface area contributed by atoms with E-state index in [0.29, 0.717) is 35.7 Å². The first-order valence-electron chi connectivity index (χ1n) is 6.50. The van der Waals surface area contributed by atoms with Crippen LogP contribution in [0.4, 0.5) is 0 Å². The van der Waals surface area contributed by atoms with E-state index < -0.39 is 11.9 Å². The molecule has 0 aliphatic carbocycles. The van der Waals surface area contributed by atoms with Crippen LogP contribution in [0, 0.1) is 6.92 Å². The average Bonchev–Trinajstić information content (AvgIpc) is 2.67. The molecule has 1 rings (SSSR count). The van der Waals surface area contributed by atoms with E-state index in [2.05, 4.69) is 4.98 Å². The van der Waals surface area contributed by atoms with Crippen LogP contribution in [-0.4, -0.2) is 30.1 Å². The van der Waals surface area contributed by atoms with Crippen LogP contribution >= 0.6 is 0 Å². The fraction of sp³-hybridized carbons (Fsp3) is 0.571. The van der Waals surface area contributed by atoms with Crippen molar-refractivity contribution in [1.29, 1.82) is 0 Å². The molecular weight excluding hydrogens is 246 g/mol. The molecule has 0 saturated carbocycles. The van der Waals surface area contributed by atoms with Gasteiger partial charge in [0.05, 0.1) is 18.8 Å². The highest BCUT2D eigenvalue weighted by molar-refractivity contribution is 5.99. The van der Waals surface area contributed by atoms with E-state index >= 15 is 0 Å². The summed E-state index contributed by atoms with van der Waals surface area (Å²) in [7, 11) is 0. The van der Waals surface area contributed by atoms with Crippen LogP contribution in [-0.2, 0) is 9.47 Å². The highest BCUT2D eigenvalue weighted by atomic mass is 16.5. The Balaban J connectivity index is 3.32. The van der Waals surface area contributed by atoms with Crippen LogP contribution in [0.3, 0.4) is 0 Å². The van der Waals surface area contributed by atoms with Gasteiger partial charge in [-0.2, -0.15) is 0 Å². The number of aromatic amines is 1. The van der Waals surface area contributed by atoms with E-state index in [1.807, 2.05) is 13.8 Å². The highest BCUT2D eigenvalue weighted by Gasteiger charge is 2.27. The number of carbonyl (C=O) groups excluding carboxylic acids is 2. The summed E-state index contributed by atoms with van der Waals surface area (Å²) in [6, 6.07) is 0. The van der Waals surface area contributed by atoms with Gasteiger partial charge in [0.25, 0.3) is 0 Å². The maximum atomic E-state index is 12.0. The van der Waals surface area contributed by atoms with E-state index in [1.165, 1.54) is 0 Å². The van der Waals surface area contributed by atoms with E-state index in [0.717, 1.165) is 0 Å². The first kappa shape index (κ1) is 15.3. The number of esters is 2. The minimum atomic E-state index is -0.440. The summed E-state index contributed by atoms with van der Waals surface area (Å²) in [5.41, 5.74) is 2.08. The number of nitrogens with one attached hydrogen (secondary N) is 1. The van der Waals surface area contributed by atoms with Gasteiger partial charge >= 0.3 is 11.9 Å². The number of hydrogen-bond acceptors (Lipinski definition) is 4. The molecule has 1 aromatic rings. The maximum absolute atomic E-state index is 12.0. The number of rotatable bonds is 5. The van der Waals surface area contributed by atoms with Crippen molar-refractivity contribution in [3.05, 3.63) is 22.5 Å². The molecule has 0 aliphatic rings. The van der Waals surface area contributed by atoms with Crippen molar-refractivity contribution in [1.82, 2.24) is 4.98 Å². The quantitative estimate of drug-likeness (QED) is 0.833. The van der Waals surface area contributed by atoms with E-state index in [1.54, 1.807) is 20.8 Å². The molecule has 5 nitrogen and oxygen atoms in total. The second-order valence-corrected chi connectivity index (χ2v) is 4.51. The third kappa shape index (κ3) is 3.16. The smallest absolute Gasteiger partial charge is 0.355 e. The van der Waals surface area contributed by atoms with Crippen LogP contribution in [0.2, 0.25) is 0 Å². The second kappa shape index (κ2) is 6.41. The van der Waals surface area contributed by atoms with E-state index in [-0.39, 0.29) is 5.92 Å². The summed E-state index contributed by atoms with van der Waals surface area (Å²) in [5.74, 6) is -0.830. The molecule has 106 valence electrons. The summed E-state index contributed by atoms with van der Waals surface area (Å²) < 4.78 is 10.0. The van der Waals surface area contributed by atoms with Gasteiger partial charge in [-0.15, -0.1) is 0 Å². The highest BCUT2D eigenvalue weighted by Crippen LogP contribution is 2.28. The van der Waals surface area contributed by atoms with Gasteiger partial charge in [-0.3, -0.25) is 0 Å². The average molecular weight is 267 g/mol. The minimum Gasteiger partial charge on any atom is -0.462 e.